The first-order chi connectivity index (χ1) is 17.0. The zero-order chi connectivity index (χ0) is 26.2. The van der Waals surface area contributed by atoms with Crippen molar-refractivity contribution >= 4 is 23.0 Å². The first kappa shape index (κ1) is 25.6. The van der Waals surface area contributed by atoms with E-state index in [0.29, 0.717) is 29.7 Å². The van der Waals surface area contributed by atoms with Gasteiger partial charge in [-0.2, -0.15) is 0 Å². The van der Waals surface area contributed by atoms with E-state index in [0.717, 1.165) is 17.7 Å². The molecule has 2 amide bonds. The molecule has 7 nitrogen and oxygen atoms in total. The first-order valence-corrected chi connectivity index (χ1v) is 11.8. The van der Waals surface area contributed by atoms with Crippen LogP contribution in [0.3, 0.4) is 0 Å². The van der Waals surface area contributed by atoms with E-state index in [1.54, 1.807) is 31.7 Å². The van der Waals surface area contributed by atoms with Gasteiger partial charge >= 0.3 is 6.09 Å². The lowest BCUT2D eigenvalue weighted by atomic mass is 9.97. The Morgan fingerprint density at radius 1 is 1.17 bits per heavy atom. The molecule has 1 aromatic heterocycles. The second-order valence-electron chi connectivity index (χ2n) is 9.93. The van der Waals surface area contributed by atoms with Crippen LogP contribution in [-0.2, 0) is 15.9 Å². The molecule has 2 heterocycles. The standard InChI is InChI=1S/C27H30F2N2O5/c1-15-6-7-18-19(13-17-14-31(8-9-34-17)26(33)36-27(2,3)4)24(35-22(18)10-15)23-20(28)11-16(12-21(23)29)25(32)30-5/h6-7,10-12,17H,8-9,13-14H2,1-5H3,(H,30,32). The van der Waals surface area contributed by atoms with Crippen molar-refractivity contribution in [1.29, 1.82) is 0 Å². The van der Waals surface area contributed by atoms with Gasteiger partial charge in [0.05, 0.1) is 24.8 Å². The van der Waals surface area contributed by atoms with Crippen molar-refractivity contribution in [2.75, 3.05) is 26.7 Å². The van der Waals surface area contributed by atoms with Crippen molar-refractivity contribution in [3.05, 3.63) is 58.7 Å². The van der Waals surface area contributed by atoms with Gasteiger partial charge in [0, 0.05) is 36.5 Å². The van der Waals surface area contributed by atoms with Crippen LogP contribution in [0.5, 0.6) is 0 Å². The SMILES string of the molecule is CNC(=O)c1cc(F)c(-c2oc3cc(C)ccc3c2CC2CN(C(=O)OC(C)(C)C)CCO2)c(F)c1. The Labute approximate surface area is 208 Å². The summed E-state index contributed by atoms with van der Waals surface area (Å²) in [6.45, 7) is 8.23. The van der Waals surface area contributed by atoms with Gasteiger partial charge < -0.3 is 24.1 Å². The summed E-state index contributed by atoms with van der Waals surface area (Å²) in [7, 11) is 1.39. The number of rotatable bonds is 4. The fraction of sp³-hybridized carbons (Fsp3) is 0.407. The number of carbonyl (C=O) groups excluding carboxylic acids is 2. The number of carbonyl (C=O) groups is 2. The fourth-order valence-electron chi connectivity index (χ4n) is 4.29. The monoisotopic (exact) mass is 500 g/mol. The van der Waals surface area contributed by atoms with E-state index in [1.807, 2.05) is 19.1 Å². The van der Waals surface area contributed by atoms with Crippen molar-refractivity contribution in [3.8, 4) is 11.3 Å². The number of morpholine rings is 1. The molecule has 9 heteroatoms. The minimum Gasteiger partial charge on any atom is -0.456 e. The van der Waals surface area contributed by atoms with Crippen LogP contribution in [-0.4, -0.2) is 55.3 Å². The molecule has 1 fully saturated rings. The highest BCUT2D eigenvalue weighted by atomic mass is 19.1. The molecule has 4 rings (SSSR count). The average molecular weight is 501 g/mol. The number of amides is 2. The van der Waals surface area contributed by atoms with Gasteiger partial charge in [-0.25, -0.2) is 13.6 Å². The second-order valence-corrected chi connectivity index (χ2v) is 9.93. The molecular formula is C27H30F2N2O5. The minimum atomic E-state index is -0.912. The molecule has 36 heavy (non-hydrogen) atoms. The third-order valence-electron chi connectivity index (χ3n) is 5.93. The molecule has 0 saturated carbocycles. The Hall–Kier alpha value is -3.46. The molecule has 1 aliphatic rings. The van der Waals surface area contributed by atoms with E-state index < -0.39 is 35.3 Å². The molecule has 1 N–H and O–H groups in total. The summed E-state index contributed by atoms with van der Waals surface area (Å²) in [4.78, 5) is 26.1. The number of nitrogens with zero attached hydrogens (tertiary/aromatic N) is 1. The Balaban J connectivity index is 1.72. The van der Waals surface area contributed by atoms with Gasteiger partial charge in [0.1, 0.15) is 28.6 Å². The van der Waals surface area contributed by atoms with Gasteiger partial charge in [-0.3, -0.25) is 4.79 Å². The normalized spacial score (nSPS) is 16.3. The van der Waals surface area contributed by atoms with Crippen LogP contribution in [0.2, 0.25) is 0 Å². The molecule has 0 aliphatic carbocycles. The van der Waals surface area contributed by atoms with Crippen molar-refractivity contribution in [1.82, 2.24) is 10.2 Å². The number of ether oxygens (including phenoxy) is 2. The third-order valence-corrected chi connectivity index (χ3v) is 5.93. The number of furan rings is 1. The molecule has 1 saturated heterocycles. The predicted molar refractivity (Wildman–Crippen MR) is 131 cm³/mol. The van der Waals surface area contributed by atoms with Crippen LogP contribution in [0.4, 0.5) is 13.6 Å². The van der Waals surface area contributed by atoms with Gasteiger partial charge in [-0.1, -0.05) is 12.1 Å². The lowest BCUT2D eigenvalue weighted by Gasteiger charge is -2.34. The predicted octanol–water partition coefficient (Wildman–Crippen LogP) is 5.22. The maximum Gasteiger partial charge on any atom is 0.410 e. The van der Waals surface area contributed by atoms with E-state index in [9.17, 15) is 9.59 Å². The van der Waals surface area contributed by atoms with Gasteiger partial charge in [0.15, 0.2) is 0 Å². The van der Waals surface area contributed by atoms with Crippen molar-refractivity contribution in [2.24, 2.45) is 0 Å². The van der Waals surface area contributed by atoms with Gasteiger partial charge in [-0.15, -0.1) is 0 Å². The number of aryl methyl sites for hydroxylation is 1. The van der Waals surface area contributed by atoms with Crippen LogP contribution >= 0.6 is 0 Å². The maximum absolute atomic E-state index is 15.2. The lowest BCUT2D eigenvalue weighted by Crippen LogP contribution is -2.48. The Bertz CT molecular complexity index is 1290. The summed E-state index contributed by atoms with van der Waals surface area (Å²) in [5.74, 6) is -2.39. The quantitative estimate of drug-likeness (QED) is 0.531. The van der Waals surface area contributed by atoms with E-state index >= 15 is 8.78 Å². The third kappa shape index (κ3) is 5.36. The van der Waals surface area contributed by atoms with E-state index in [-0.39, 0.29) is 29.9 Å². The molecular weight excluding hydrogens is 470 g/mol. The topological polar surface area (TPSA) is 81.0 Å². The highest BCUT2D eigenvalue weighted by molar-refractivity contribution is 5.95. The lowest BCUT2D eigenvalue weighted by molar-refractivity contribution is -0.0414. The van der Waals surface area contributed by atoms with E-state index in [2.05, 4.69) is 5.32 Å². The zero-order valence-electron chi connectivity index (χ0n) is 21.0. The fourth-order valence-corrected chi connectivity index (χ4v) is 4.29. The summed E-state index contributed by atoms with van der Waals surface area (Å²) in [6.07, 6.45) is -0.630. The van der Waals surface area contributed by atoms with Crippen LogP contribution in [0.1, 0.15) is 42.3 Å². The Morgan fingerprint density at radius 3 is 2.50 bits per heavy atom. The van der Waals surface area contributed by atoms with Crippen molar-refractivity contribution in [2.45, 2.75) is 45.8 Å². The van der Waals surface area contributed by atoms with Crippen LogP contribution in [0.25, 0.3) is 22.3 Å². The summed E-state index contributed by atoms with van der Waals surface area (Å²) in [5.41, 5.74) is 0.850. The van der Waals surface area contributed by atoms with Crippen molar-refractivity contribution in [3.63, 3.8) is 0 Å². The van der Waals surface area contributed by atoms with Gasteiger partial charge in [-0.05, 0) is 51.5 Å². The first-order valence-electron chi connectivity index (χ1n) is 11.8. The molecule has 0 bridgehead atoms. The highest BCUT2D eigenvalue weighted by Crippen LogP contribution is 2.38. The summed E-state index contributed by atoms with van der Waals surface area (Å²) < 4.78 is 47.8. The Kier molecular flexibility index (Phi) is 7.04. The van der Waals surface area contributed by atoms with Crippen LogP contribution in [0.15, 0.2) is 34.7 Å². The Morgan fingerprint density at radius 2 is 1.86 bits per heavy atom. The summed E-state index contributed by atoms with van der Waals surface area (Å²) >= 11 is 0. The molecule has 192 valence electrons. The van der Waals surface area contributed by atoms with Crippen LogP contribution in [0, 0.1) is 18.6 Å². The largest absolute Gasteiger partial charge is 0.456 e. The number of hydrogen-bond donors (Lipinski definition) is 1. The van der Waals surface area contributed by atoms with Crippen LogP contribution < -0.4 is 5.32 Å². The second kappa shape index (κ2) is 9.89. The van der Waals surface area contributed by atoms with Crippen molar-refractivity contribution < 1.29 is 32.3 Å². The average Bonchev–Trinajstić information content (AvgIpc) is 3.13. The maximum atomic E-state index is 15.2. The number of hydrogen-bond acceptors (Lipinski definition) is 5. The molecule has 1 aliphatic heterocycles. The number of benzene rings is 2. The van der Waals surface area contributed by atoms with E-state index in [4.69, 9.17) is 13.9 Å². The van der Waals surface area contributed by atoms with Gasteiger partial charge in [0.2, 0.25) is 0 Å². The zero-order valence-corrected chi connectivity index (χ0v) is 21.0. The molecule has 3 aromatic rings. The number of fused-ring (bicyclic) bond motifs is 1. The minimum absolute atomic E-state index is 0.0343. The molecule has 1 atom stereocenters. The molecule has 1 unspecified atom stereocenters. The van der Waals surface area contributed by atoms with E-state index in [1.165, 1.54) is 7.05 Å². The molecule has 0 radical (unpaired) electrons. The smallest absolute Gasteiger partial charge is 0.410 e. The van der Waals surface area contributed by atoms with Gasteiger partial charge in [0.25, 0.3) is 5.91 Å². The molecule has 2 aromatic carbocycles. The molecule has 0 spiro atoms. The summed E-state index contributed by atoms with van der Waals surface area (Å²) in [6, 6.07) is 7.50. The highest BCUT2D eigenvalue weighted by Gasteiger charge is 2.31. The number of halogens is 2. The number of nitrogens with one attached hydrogen (secondary N) is 1. The summed E-state index contributed by atoms with van der Waals surface area (Å²) in [5, 5.41) is 3.06.